The molecular weight excluding hydrogens is 356 g/mol. The summed E-state index contributed by atoms with van der Waals surface area (Å²) >= 11 is 7.42. The summed E-state index contributed by atoms with van der Waals surface area (Å²) < 4.78 is 1.65. The van der Waals surface area contributed by atoms with Crippen LogP contribution in [-0.4, -0.2) is 19.7 Å². The number of benzene rings is 2. The van der Waals surface area contributed by atoms with Crippen LogP contribution in [0.1, 0.15) is 5.56 Å². The van der Waals surface area contributed by atoms with Crippen molar-refractivity contribution in [3.63, 3.8) is 0 Å². The molecule has 0 atom stereocenters. The molecule has 2 aromatic heterocycles. The van der Waals surface area contributed by atoms with E-state index in [0.29, 0.717) is 21.2 Å². The van der Waals surface area contributed by atoms with Gasteiger partial charge in [-0.25, -0.2) is 9.67 Å². The van der Waals surface area contributed by atoms with Gasteiger partial charge in [-0.15, -0.1) is 0 Å². The molecule has 0 unspecified atom stereocenters. The fraction of sp³-hybridized carbons (Fsp3) is 0.0556. The third-order valence-electron chi connectivity index (χ3n) is 3.71. The largest absolute Gasteiger partial charge is 0.301 e. The van der Waals surface area contributed by atoms with Gasteiger partial charge in [0.15, 0.2) is 10.8 Å². The summed E-state index contributed by atoms with van der Waals surface area (Å²) in [6.07, 6.45) is 1.53. The average Bonchev–Trinajstić information content (AvgIpc) is 3.06. The van der Waals surface area contributed by atoms with Crippen molar-refractivity contribution in [1.82, 2.24) is 19.7 Å². The highest BCUT2D eigenvalue weighted by Crippen LogP contribution is 2.21. The van der Waals surface area contributed by atoms with E-state index in [2.05, 4.69) is 15.1 Å². The maximum absolute atomic E-state index is 12.3. The molecule has 0 saturated heterocycles. The molecular formula is C18H13ClN4OS. The number of nitrogens with zero attached hydrogens (tertiary/aromatic N) is 3. The minimum absolute atomic E-state index is 0.194. The van der Waals surface area contributed by atoms with E-state index in [1.807, 2.05) is 42.5 Å². The minimum Gasteiger partial charge on any atom is -0.301 e. The lowest BCUT2D eigenvalue weighted by atomic mass is 10.2. The predicted molar refractivity (Wildman–Crippen MR) is 100 cm³/mol. The van der Waals surface area contributed by atoms with Crippen molar-refractivity contribution < 1.29 is 0 Å². The second-order valence-electron chi connectivity index (χ2n) is 5.42. The van der Waals surface area contributed by atoms with Crippen LogP contribution in [-0.2, 0) is 5.75 Å². The normalized spacial score (nSPS) is 11.1. The molecule has 124 valence electrons. The number of aromatic nitrogens is 4. The molecule has 1 N–H and O–H groups in total. The quantitative estimate of drug-likeness (QED) is 0.436. The molecule has 25 heavy (non-hydrogen) atoms. The summed E-state index contributed by atoms with van der Waals surface area (Å²) in [7, 11) is 0. The number of thioether (sulfide) groups is 1. The van der Waals surface area contributed by atoms with Crippen molar-refractivity contribution in [2.45, 2.75) is 10.9 Å². The summed E-state index contributed by atoms with van der Waals surface area (Å²) in [5.41, 5.74) is 2.31. The van der Waals surface area contributed by atoms with Crippen LogP contribution in [0.25, 0.3) is 16.7 Å². The number of rotatable bonds is 4. The van der Waals surface area contributed by atoms with Gasteiger partial charge in [0, 0.05) is 10.8 Å². The first-order chi connectivity index (χ1) is 12.2. The second-order valence-corrected chi connectivity index (χ2v) is 6.82. The molecule has 0 aliphatic heterocycles. The second kappa shape index (κ2) is 6.74. The molecule has 0 saturated carbocycles. The fourth-order valence-electron chi connectivity index (χ4n) is 2.46. The Balaban J connectivity index is 1.71. The zero-order valence-electron chi connectivity index (χ0n) is 13.0. The zero-order chi connectivity index (χ0) is 17.2. The van der Waals surface area contributed by atoms with Gasteiger partial charge in [0.1, 0.15) is 5.39 Å². The van der Waals surface area contributed by atoms with Gasteiger partial charge in [-0.2, -0.15) is 5.10 Å². The summed E-state index contributed by atoms with van der Waals surface area (Å²) in [4.78, 5) is 19.7. The number of H-pyrrole nitrogens is 1. The lowest BCUT2D eigenvalue weighted by Gasteiger charge is -2.05. The van der Waals surface area contributed by atoms with Crippen LogP contribution < -0.4 is 5.56 Å². The topological polar surface area (TPSA) is 63.6 Å². The maximum Gasteiger partial charge on any atom is 0.262 e. The van der Waals surface area contributed by atoms with Gasteiger partial charge in [-0.3, -0.25) is 4.79 Å². The number of aromatic amines is 1. The molecule has 0 spiro atoms. The van der Waals surface area contributed by atoms with Crippen LogP contribution >= 0.6 is 23.4 Å². The van der Waals surface area contributed by atoms with Crippen LogP contribution in [0.3, 0.4) is 0 Å². The number of hydrogen-bond acceptors (Lipinski definition) is 4. The molecule has 0 bridgehead atoms. The molecule has 5 nitrogen and oxygen atoms in total. The molecule has 0 fully saturated rings. The van der Waals surface area contributed by atoms with Crippen molar-refractivity contribution in [3.05, 3.63) is 81.7 Å². The Labute approximate surface area is 152 Å². The van der Waals surface area contributed by atoms with Crippen LogP contribution in [0.15, 0.2) is 70.7 Å². The standard InChI is InChI=1S/C18H13ClN4OS/c19-13-6-8-14(9-7-13)23-16-15(10-20-23)17(24)22-18(21-16)25-11-12-4-2-1-3-5-12/h1-10H,11H2,(H,21,22,24). The van der Waals surface area contributed by atoms with Crippen molar-refractivity contribution in [2.24, 2.45) is 0 Å². The molecule has 0 aliphatic rings. The number of hydrogen-bond donors (Lipinski definition) is 1. The van der Waals surface area contributed by atoms with Gasteiger partial charge in [0.05, 0.1) is 11.9 Å². The van der Waals surface area contributed by atoms with E-state index in [1.165, 1.54) is 23.5 Å². The van der Waals surface area contributed by atoms with E-state index in [4.69, 9.17) is 11.6 Å². The molecule has 0 amide bonds. The van der Waals surface area contributed by atoms with Gasteiger partial charge in [-0.05, 0) is 29.8 Å². The molecule has 7 heteroatoms. The molecule has 0 radical (unpaired) electrons. The fourth-order valence-corrected chi connectivity index (χ4v) is 3.40. The lowest BCUT2D eigenvalue weighted by molar-refractivity contribution is 0.873. The lowest BCUT2D eigenvalue weighted by Crippen LogP contribution is -2.09. The molecule has 4 aromatic rings. The van der Waals surface area contributed by atoms with E-state index in [-0.39, 0.29) is 5.56 Å². The first-order valence-corrected chi connectivity index (χ1v) is 8.98. The van der Waals surface area contributed by atoms with Crippen molar-refractivity contribution in [2.75, 3.05) is 0 Å². The van der Waals surface area contributed by atoms with Crippen LogP contribution in [0, 0.1) is 0 Å². The van der Waals surface area contributed by atoms with Crippen molar-refractivity contribution in [3.8, 4) is 5.69 Å². The highest BCUT2D eigenvalue weighted by atomic mass is 35.5. The van der Waals surface area contributed by atoms with Crippen molar-refractivity contribution in [1.29, 1.82) is 0 Å². The van der Waals surface area contributed by atoms with Gasteiger partial charge < -0.3 is 4.98 Å². The Morgan fingerprint density at radius 1 is 1.08 bits per heavy atom. The Kier molecular flexibility index (Phi) is 4.29. The highest BCUT2D eigenvalue weighted by molar-refractivity contribution is 7.98. The van der Waals surface area contributed by atoms with Crippen molar-refractivity contribution >= 4 is 34.4 Å². The maximum atomic E-state index is 12.3. The molecule has 2 heterocycles. The highest BCUT2D eigenvalue weighted by Gasteiger charge is 2.12. The summed E-state index contributed by atoms with van der Waals surface area (Å²) in [6.45, 7) is 0. The van der Waals surface area contributed by atoms with E-state index >= 15 is 0 Å². The number of fused-ring (bicyclic) bond motifs is 1. The monoisotopic (exact) mass is 368 g/mol. The van der Waals surface area contributed by atoms with E-state index in [1.54, 1.807) is 16.8 Å². The summed E-state index contributed by atoms with van der Waals surface area (Å²) in [5.74, 6) is 0.727. The van der Waals surface area contributed by atoms with Crippen LogP contribution in [0.4, 0.5) is 0 Å². The van der Waals surface area contributed by atoms with Gasteiger partial charge in [-0.1, -0.05) is 53.7 Å². The number of nitrogens with one attached hydrogen (secondary N) is 1. The third-order valence-corrected chi connectivity index (χ3v) is 4.90. The van der Waals surface area contributed by atoms with Gasteiger partial charge in [0.2, 0.25) is 0 Å². The third kappa shape index (κ3) is 3.31. The minimum atomic E-state index is -0.194. The van der Waals surface area contributed by atoms with E-state index in [0.717, 1.165) is 11.4 Å². The Morgan fingerprint density at radius 2 is 1.84 bits per heavy atom. The first kappa shape index (κ1) is 15.9. The first-order valence-electron chi connectivity index (χ1n) is 7.61. The molecule has 0 aliphatic carbocycles. The summed E-state index contributed by atoms with van der Waals surface area (Å²) in [6, 6.07) is 17.3. The Bertz CT molecular complexity index is 1070. The predicted octanol–water partition coefficient (Wildman–Crippen LogP) is 4.05. The Morgan fingerprint density at radius 3 is 2.60 bits per heavy atom. The average molecular weight is 369 g/mol. The Hall–Kier alpha value is -2.57. The number of halogens is 1. The SMILES string of the molecule is O=c1[nH]c(SCc2ccccc2)nc2c1cnn2-c1ccc(Cl)cc1. The zero-order valence-corrected chi connectivity index (χ0v) is 14.6. The van der Waals surface area contributed by atoms with Gasteiger partial charge in [0.25, 0.3) is 5.56 Å². The van der Waals surface area contributed by atoms with E-state index < -0.39 is 0 Å². The van der Waals surface area contributed by atoms with Crippen LogP contribution in [0.2, 0.25) is 5.02 Å². The molecule has 2 aromatic carbocycles. The molecule has 4 rings (SSSR count). The van der Waals surface area contributed by atoms with E-state index in [9.17, 15) is 4.79 Å². The van der Waals surface area contributed by atoms with Gasteiger partial charge >= 0.3 is 0 Å². The summed E-state index contributed by atoms with van der Waals surface area (Å²) in [5, 5.41) is 5.97. The smallest absolute Gasteiger partial charge is 0.262 e. The van der Waals surface area contributed by atoms with Crippen LogP contribution in [0.5, 0.6) is 0 Å².